The first-order chi connectivity index (χ1) is 13.4. The van der Waals surface area contributed by atoms with E-state index in [4.69, 9.17) is 9.47 Å². The number of para-hydroxylation sites is 1. The Morgan fingerprint density at radius 3 is 2.50 bits per heavy atom. The van der Waals surface area contributed by atoms with Gasteiger partial charge in [-0.3, -0.25) is 9.59 Å². The van der Waals surface area contributed by atoms with Crippen LogP contribution in [0.4, 0.5) is 10.5 Å². The van der Waals surface area contributed by atoms with Crippen LogP contribution in [0.1, 0.15) is 15.9 Å². The first-order valence-electron chi connectivity index (χ1n) is 8.56. The zero-order valence-corrected chi connectivity index (χ0v) is 17.3. The molecule has 0 saturated heterocycles. The van der Waals surface area contributed by atoms with Crippen LogP contribution >= 0.6 is 11.8 Å². The van der Waals surface area contributed by atoms with Crippen molar-refractivity contribution < 1.29 is 19.1 Å². The lowest BCUT2D eigenvalue weighted by molar-refractivity contribution is 0.102. The summed E-state index contributed by atoms with van der Waals surface area (Å²) in [5.41, 5.74) is 1.79. The van der Waals surface area contributed by atoms with Crippen LogP contribution in [0.15, 0.2) is 53.9 Å². The number of ether oxygens (including phenoxy) is 2. The zero-order chi connectivity index (χ0) is 20.7. The van der Waals surface area contributed by atoms with E-state index < -0.39 is 0 Å². The highest BCUT2D eigenvalue weighted by Gasteiger charge is 2.17. The van der Waals surface area contributed by atoms with Crippen molar-refractivity contribution in [2.24, 2.45) is 0 Å². The molecule has 0 bridgehead atoms. The lowest BCUT2D eigenvalue weighted by Crippen LogP contribution is -2.17. The van der Waals surface area contributed by atoms with Gasteiger partial charge in [0, 0.05) is 30.1 Å². The number of nitrogens with one attached hydrogen (secondary N) is 1. The van der Waals surface area contributed by atoms with Gasteiger partial charge in [0.25, 0.3) is 11.1 Å². The molecule has 0 aliphatic heterocycles. The van der Waals surface area contributed by atoms with E-state index >= 15 is 0 Å². The number of allylic oxidation sites excluding steroid dienone is 1. The molecule has 0 fully saturated rings. The Morgan fingerprint density at radius 1 is 1.18 bits per heavy atom. The van der Waals surface area contributed by atoms with E-state index in [9.17, 15) is 9.59 Å². The predicted octanol–water partition coefficient (Wildman–Crippen LogP) is 4.46. The molecule has 6 nitrogen and oxygen atoms in total. The second kappa shape index (κ2) is 9.85. The van der Waals surface area contributed by atoms with Gasteiger partial charge in [-0.15, -0.1) is 6.58 Å². The van der Waals surface area contributed by atoms with Crippen LogP contribution in [0.2, 0.25) is 0 Å². The highest BCUT2D eigenvalue weighted by Crippen LogP contribution is 2.34. The van der Waals surface area contributed by atoms with Gasteiger partial charge < -0.3 is 19.7 Å². The molecular formula is C21H24N2O4S. The van der Waals surface area contributed by atoms with E-state index in [-0.39, 0.29) is 11.1 Å². The molecule has 0 aliphatic carbocycles. The van der Waals surface area contributed by atoms with Crippen molar-refractivity contribution in [3.05, 3.63) is 60.2 Å². The Morgan fingerprint density at radius 2 is 1.89 bits per heavy atom. The number of benzene rings is 2. The van der Waals surface area contributed by atoms with E-state index in [0.717, 1.165) is 17.3 Å². The molecule has 0 radical (unpaired) electrons. The van der Waals surface area contributed by atoms with Crippen LogP contribution in [0.25, 0.3) is 0 Å². The number of thioether (sulfide) groups is 1. The molecule has 2 aromatic carbocycles. The molecule has 2 aromatic rings. The van der Waals surface area contributed by atoms with E-state index in [1.54, 1.807) is 57.6 Å². The first-order valence-corrected chi connectivity index (χ1v) is 9.38. The zero-order valence-electron chi connectivity index (χ0n) is 16.4. The maximum Gasteiger partial charge on any atom is 0.286 e. The number of amides is 2. The fraction of sp³-hybridized carbons (Fsp3) is 0.238. The van der Waals surface area contributed by atoms with E-state index in [2.05, 4.69) is 11.9 Å². The lowest BCUT2D eigenvalue weighted by atomic mass is 10.0. The van der Waals surface area contributed by atoms with Crippen molar-refractivity contribution in [3.8, 4) is 11.5 Å². The van der Waals surface area contributed by atoms with E-state index in [1.807, 2.05) is 6.07 Å². The third-order valence-corrected chi connectivity index (χ3v) is 5.00. The predicted molar refractivity (Wildman–Crippen MR) is 113 cm³/mol. The number of carbonyl (C=O) groups excluding carboxylic acids is 2. The third kappa shape index (κ3) is 5.07. The minimum Gasteiger partial charge on any atom is -0.493 e. The molecule has 2 amide bonds. The quantitative estimate of drug-likeness (QED) is 0.549. The van der Waals surface area contributed by atoms with E-state index in [1.165, 1.54) is 12.0 Å². The summed E-state index contributed by atoms with van der Waals surface area (Å²) in [7, 11) is 6.44. The van der Waals surface area contributed by atoms with Gasteiger partial charge in [0.1, 0.15) is 0 Å². The van der Waals surface area contributed by atoms with Gasteiger partial charge in [0.15, 0.2) is 11.5 Å². The Hall–Kier alpha value is -2.93. The summed E-state index contributed by atoms with van der Waals surface area (Å²) in [6.07, 6.45) is 2.27. The van der Waals surface area contributed by atoms with E-state index in [0.29, 0.717) is 34.1 Å². The molecule has 148 valence electrons. The smallest absolute Gasteiger partial charge is 0.286 e. The number of hydrogen-bond donors (Lipinski definition) is 1. The maximum atomic E-state index is 12.9. The highest BCUT2D eigenvalue weighted by molar-refractivity contribution is 8.13. The van der Waals surface area contributed by atoms with Gasteiger partial charge in [0.05, 0.1) is 19.9 Å². The summed E-state index contributed by atoms with van der Waals surface area (Å²) < 4.78 is 10.8. The number of carbonyl (C=O) groups is 2. The average molecular weight is 401 g/mol. The maximum absolute atomic E-state index is 12.9. The van der Waals surface area contributed by atoms with Crippen molar-refractivity contribution >= 4 is 28.6 Å². The van der Waals surface area contributed by atoms with Gasteiger partial charge in [0.2, 0.25) is 0 Å². The van der Waals surface area contributed by atoms with Crippen molar-refractivity contribution in [1.29, 1.82) is 0 Å². The standard InChI is InChI=1S/C21H24N2O4S/c1-6-9-14-12-15(13-17(26-4)19(14)27-5)20(24)22-16-10-7-8-11-18(16)28-21(25)23(2)3/h6-8,10-13H,1,9H2,2-5H3,(H,22,24). The summed E-state index contributed by atoms with van der Waals surface area (Å²) in [4.78, 5) is 27.1. The topological polar surface area (TPSA) is 67.9 Å². The highest BCUT2D eigenvalue weighted by atomic mass is 32.2. The summed E-state index contributed by atoms with van der Waals surface area (Å²) in [6, 6.07) is 10.5. The summed E-state index contributed by atoms with van der Waals surface area (Å²) >= 11 is 1.05. The number of nitrogens with zero attached hydrogens (tertiary/aromatic N) is 1. The molecule has 0 saturated carbocycles. The Labute approximate surface area is 169 Å². The van der Waals surface area contributed by atoms with Gasteiger partial charge in [-0.2, -0.15) is 0 Å². The molecule has 0 unspecified atom stereocenters. The largest absolute Gasteiger partial charge is 0.493 e. The number of hydrogen-bond acceptors (Lipinski definition) is 5. The molecule has 28 heavy (non-hydrogen) atoms. The molecule has 0 atom stereocenters. The van der Waals surface area contributed by atoms with Crippen molar-refractivity contribution in [2.75, 3.05) is 33.6 Å². The first kappa shape index (κ1) is 21.4. The van der Waals surface area contributed by atoms with Gasteiger partial charge >= 0.3 is 0 Å². The molecule has 0 heterocycles. The summed E-state index contributed by atoms with van der Waals surface area (Å²) in [6.45, 7) is 3.75. The monoisotopic (exact) mass is 400 g/mol. The summed E-state index contributed by atoms with van der Waals surface area (Å²) in [5, 5.41) is 2.75. The molecule has 0 spiro atoms. The van der Waals surface area contributed by atoms with Gasteiger partial charge in [-0.05, 0) is 42.4 Å². The SMILES string of the molecule is C=CCc1cc(C(=O)Nc2ccccc2SC(=O)N(C)C)cc(OC)c1OC. The van der Waals surface area contributed by atoms with Gasteiger partial charge in [-0.1, -0.05) is 18.2 Å². The minimum absolute atomic E-state index is 0.124. The lowest BCUT2D eigenvalue weighted by Gasteiger charge is -2.16. The van der Waals surface area contributed by atoms with Crippen LogP contribution in [0.5, 0.6) is 11.5 Å². The molecule has 1 N–H and O–H groups in total. The average Bonchev–Trinajstić information content (AvgIpc) is 2.68. The van der Waals surface area contributed by atoms with Crippen LogP contribution < -0.4 is 14.8 Å². The molecule has 7 heteroatoms. The molecule has 0 aliphatic rings. The van der Waals surface area contributed by atoms with Crippen LogP contribution in [-0.4, -0.2) is 44.4 Å². The van der Waals surface area contributed by atoms with Crippen LogP contribution in [-0.2, 0) is 6.42 Å². The Kier molecular flexibility index (Phi) is 7.52. The third-order valence-electron chi connectivity index (χ3n) is 3.88. The Bertz CT molecular complexity index is 881. The number of methoxy groups -OCH3 is 2. The molecular weight excluding hydrogens is 376 g/mol. The van der Waals surface area contributed by atoms with Crippen molar-refractivity contribution in [2.45, 2.75) is 11.3 Å². The second-order valence-electron chi connectivity index (χ2n) is 6.08. The van der Waals surface area contributed by atoms with Crippen molar-refractivity contribution in [1.82, 2.24) is 4.90 Å². The molecule has 2 rings (SSSR count). The van der Waals surface area contributed by atoms with Crippen molar-refractivity contribution in [3.63, 3.8) is 0 Å². The normalized spacial score (nSPS) is 10.1. The Balaban J connectivity index is 2.34. The fourth-order valence-corrected chi connectivity index (χ4v) is 3.27. The van der Waals surface area contributed by atoms with Crippen LogP contribution in [0, 0.1) is 0 Å². The molecule has 0 aromatic heterocycles. The minimum atomic E-state index is -0.309. The van der Waals surface area contributed by atoms with Gasteiger partial charge in [-0.25, -0.2) is 0 Å². The fourth-order valence-electron chi connectivity index (χ4n) is 2.52. The van der Waals surface area contributed by atoms with Crippen LogP contribution in [0.3, 0.4) is 0 Å². The number of anilines is 1. The summed E-state index contributed by atoms with van der Waals surface area (Å²) in [5.74, 6) is 0.737. The number of rotatable bonds is 7. The second-order valence-corrected chi connectivity index (χ2v) is 7.07.